The highest BCUT2D eigenvalue weighted by Gasteiger charge is 2.47. The molecule has 288 valence electrons. The quantitative estimate of drug-likeness (QED) is 0.158. The maximum absolute atomic E-state index is 11.8. The number of halogens is 1. The van der Waals surface area contributed by atoms with Gasteiger partial charge < -0.3 is 28.9 Å². The molecule has 0 radical (unpaired) electrons. The van der Waals surface area contributed by atoms with Gasteiger partial charge in [-0.15, -0.1) is 0 Å². The fourth-order valence-electron chi connectivity index (χ4n) is 9.20. The highest BCUT2D eigenvalue weighted by molar-refractivity contribution is 6.31. The molecule has 2 aromatic carbocycles. The Morgan fingerprint density at radius 1 is 1.09 bits per heavy atom. The van der Waals surface area contributed by atoms with Crippen molar-refractivity contribution in [3.8, 4) is 40.3 Å². The topological polar surface area (TPSA) is 153 Å². The summed E-state index contributed by atoms with van der Waals surface area (Å²) in [5.74, 6) is 1.53. The van der Waals surface area contributed by atoms with Gasteiger partial charge in [0.05, 0.1) is 24.1 Å². The number of pyridine rings is 2. The van der Waals surface area contributed by atoms with Crippen LogP contribution in [-0.2, 0) is 24.3 Å². The molecule has 13 heteroatoms. The van der Waals surface area contributed by atoms with Crippen molar-refractivity contribution in [2.75, 3.05) is 39.8 Å². The number of likely N-dealkylation sites (tertiary alicyclic amines) is 2. The first-order chi connectivity index (χ1) is 27.1. The highest BCUT2D eigenvalue weighted by Crippen LogP contribution is 2.44. The molecule has 0 unspecified atom stereocenters. The number of furan rings is 1. The van der Waals surface area contributed by atoms with Crippen LogP contribution in [0.5, 0.6) is 11.8 Å². The van der Waals surface area contributed by atoms with E-state index in [9.17, 15) is 15.2 Å². The summed E-state index contributed by atoms with van der Waals surface area (Å²) in [7, 11) is 1.59. The van der Waals surface area contributed by atoms with Crippen LogP contribution in [-0.4, -0.2) is 81.8 Å². The Bertz CT molecular complexity index is 2480. The maximum Gasteiger partial charge on any atom is 0.236 e. The average molecular weight is 774 g/mol. The summed E-state index contributed by atoms with van der Waals surface area (Å²) in [6.45, 7) is 6.98. The second kappa shape index (κ2) is 14.4. The van der Waals surface area contributed by atoms with Crippen LogP contribution in [0.15, 0.2) is 59.1 Å². The van der Waals surface area contributed by atoms with E-state index in [2.05, 4.69) is 57.4 Å². The lowest BCUT2D eigenvalue weighted by atomic mass is 9.88. The number of nitriles is 1. The molecule has 2 atom stereocenters. The summed E-state index contributed by atoms with van der Waals surface area (Å²) in [6, 6.07) is 18.5. The fraction of sp³-hybridized carbons (Fsp3) is 0.395. The number of hydrogen-bond acceptors (Lipinski definition) is 10. The number of methoxy groups -OCH3 is 1. The summed E-state index contributed by atoms with van der Waals surface area (Å²) < 4.78 is 20.4. The van der Waals surface area contributed by atoms with E-state index in [1.54, 1.807) is 13.3 Å². The minimum absolute atomic E-state index is 0.0951. The summed E-state index contributed by atoms with van der Waals surface area (Å²) in [6.07, 6.45) is 4.94. The van der Waals surface area contributed by atoms with Gasteiger partial charge in [-0.25, -0.2) is 0 Å². The van der Waals surface area contributed by atoms with Crippen molar-refractivity contribution in [1.29, 1.82) is 10.7 Å². The van der Waals surface area contributed by atoms with Crippen molar-refractivity contribution in [2.45, 2.75) is 69.9 Å². The largest absolute Gasteiger partial charge is 0.481 e. The number of rotatable bonds is 10. The molecule has 3 N–H and O–H groups in total. The van der Waals surface area contributed by atoms with Gasteiger partial charge in [-0.05, 0) is 72.6 Å². The predicted octanol–water partition coefficient (Wildman–Crippen LogP) is 5.88. The van der Waals surface area contributed by atoms with Crippen LogP contribution in [0.4, 0.5) is 0 Å². The Balaban J connectivity index is 0.960. The molecular formula is C43H44ClN7O5. The Morgan fingerprint density at radius 3 is 2.64 bits per heavy atom. The number of carbonyl (C=O) groups excluding carboxylic acids is 1. The van der Waals surface area contributed by atoms with Crippen LogP contribution in [0.3, 0.4) is 0 Å². The van der Waals surface area contributed by atoms with Gasteiger partial charge in [-0.3, -0.25) is 20.0 Å². The van der Waals surface area contributed by atoms with E-state index in [1.165, 1.54) is 5.56 Å². The van der Waals surface area contributed by atoms with E-state index in [4.69, 9.17) is 30.9 Å². The van der Waals surface area contributed by atoms with Crippen LogP contribution < -0.4 is 20.3 Å². The molecule has 6 heterocycles. The van der Waals surface area contributed by atoms with Gasteiger partial charge in [0.15, 0.2) is 5.58 Å². The molecule has 12 nitrogen and oxygen atoms in total. The zero-order valence-electron chi connectivity index (χ0n) is 31.5. The number of nitrogens with zero attached hydrogens (tertiary/aromatic N) is 5. The van der Waals surface area contributed by atoms with Gasteiger partial charge in [-0.1, -0.05) is 48.0 Å². The molecule has 0 bridgehead atoms. The standard InChI is InChI=1S/C43H44ClN7O5/c1-25-29(31-7-4-8-33-32(31)9-10-36(33)56-42-35(44)17-26(41(47-42)54-2)20-49-14-12-28(52)22-49)5-3-6-30(25)37-18-34-39(55-37)27(19-45)21-51(40(34)46)16-15-50-23-43(24-50)13-11-38(53)48-43/h3-8,17-18,21,28,36,46,52H,9-16,20,22-24H2,1-2H3,(H,48,53)/t28-,36+/m1/s1. The van der Waals surface area contributed by atoms with Crippen LogP contribution in [0.25, 0.3) is 33.4 Å². The summed E-state index contributed by atoms with van der Waals surface area (Å²) in [5, 5.41) is 33.3. The van der Waals surface area contributed by atoms with E-state index < -0.39 is 0 Å². The van der Waals surface area contributed by atoms with Gasteiger partial charge in [0.25, 0.3) is 0 Å². The first-order valence-electron chi connectivity index (χ1n) is 19.3. The van der Waals surface area contributed by atoms with Gasteiger partial charge >= 0.3 is 0 Å². The molecule has 3 saturated heterocycles. The molecule has 3 fully saturated rings. The third kappa shape index (κ3) is 6.52. The number of aliphatic hydroxyl groups is 1. The SMILES string of the molecule is COc1nc(O[C@H]2CCc3c(-c4cccc(-c5cc6c(=N)n(CCN7CC8(CCC(=O)N8)C7)cc(C#N)c6o5)c4C)cccc32)c(Cl)cc1CN1CC[C@@H](O)C1. The van der Waals surface area contributed by atoms with E-state index in [0.29, 0.717) is 70.6 Å². The number of aromatic nitrogens is 2. The Hall–Kier alpha value is -5.19. The summed E-state index contributed by atoms with van der Waals surface area (Å²) in [5.41, 5.74) is 8.27. The number of carbonyl (C=O) groups is 1. The van der Waals surface area contributed by atoms with Gasteiger partial charge in [0, 0.05) is 69.6 Å². The molecule has 56 heavy (non-hydrogen) atoms. The lowest BCUT2D eigenvalue weighted by Crippen LogP contribution is -2.67. The van der Waals surface area contributed by atoms with Crippen molar-refractivity contribution in [1.82, 2.24) is 24.7 Å². The lowest BCUT2D eigenvalue weighted by molar-refractivity contribution is -0.120. The van der Waals surface area contributed by atoms with Crippen molar-refractivity contribution < 1.29 is 23.8 Å². The number of nitrogens with one attached hydrogen (secondary N) is 2. The first-order valence-corrected chi connectivity index (χ1v) is 19.7. The molecule has 5 aromatic rings. The van der Waals surface area contributed by atoms with Crippen LogP contribution in [0.2, 0.25) is 5.02 Å². The fourth-order valence-corrected chi connectivity index (χ4v) is 9.42. The molecule has 0 saturated carbocycles. The number of benzene rings is 2. The van der Waals surface area contributed by atoms with Gasteiger partial charge in [0.2, 0.25) is 17.7 Å². The molecule has 9 rings (SSSR count). The third-order valence-corrected chi connectivity index (χ3v) is 12.3. The number of amides is 1. The number of fused-ring (bicyclic) bond motifs is 2. The van der Waals surface area contributed by atoms with E-state index >= 15 is 0 Å². The normalized spacial score (nSPS) is 20.3. The first kappa shape index (κ1) is 36.4. The molecular weight excluding hydrogens is 730 g/mol. The van der Waals surface area contributed by atoms with E-state index in [1.807, 2.05) is 28.8 Å². The van der Waals surface area contributed by atoms with Gasteiger partial charge in [-0.2, -0.15) is 10.2 Å². The molecule has 1 spiro atoms. The monoisotopic (exact) mass is 773 g/mol. The zero-order valence-corrected chi connectivity index (χ0v) is 32.3. The van der Waals surface area contributed by atoms with Crippen molar-refractivity contribution in [3.05, 3.63) is 93.1 Å². The molecule has 1 aliphatic carbocycles. The zero-order chi connectivity index (χ0) is 38.7. The number of ether oxygens (including phenoxy) is 2. The number of β-amino-alcohol motifs (C(OH)–C–C–N with tert-alkyl or cyclic N) is 1. The van der Waals surface area contributed by atoms with Crippen molar-refractivity contribution in [2.24, 2.45) is 0 Å². The van der Waals surface area contributed by atoms with Gasteiger partial charge in [0.1, 0.15) is 34.0 Å². The molecule has 1 amide bonds. The van der Waals surface area contributed by atoms with Crippen molar-refractivity contribution in [3.63, 3.8) is 0 Å². The minimum atomic E-state index is -0.317. The lowest BCUT2D eigenvalue weighted by Gasteiger charge is -2.48. The summed E-state index contributed by atoms with van der Waals surface area (Å²) >= 11 is 6.77. The number of aliphatic hydroxyl groups excluding tert-OH is 1. The highest BCUT2D eigenvalue weighted by atomic mass is 35.5. The predicted molar refractivity (Wildman–Crippen MR) is 210 cm³/mol. The smallest absolute Gasteiger partial charge is 0.236 e. The van der Waals surface area contributed by atoms with Crippen molar-refractivity contribution >= 4 is 28.5 Å². The summed E-state index contributed by atoms with van der Waals surface area (Å²) in [4.78, 5) is 20.9. The minimum Gasteiger partial charge on any atom is -0.481 e. The van der Waals surface area contributed by atoms with Crippen LogP contribution >= 0.6 is 11.6 Å². The Morgan fingerprint density at radius 2 is 1.89 bits per heavy atom. The Kier molecular flexibility index (Phi) is 9.37. The molecule has 4 aliphatic rings. The van der Waals surface area contributed by atoms with Crippen LogP contribution in [0, 0.1) is 23.7 Å². The second-order valence-corrected chi connectivity index (χ2v) is 16.1. The molecule has 3 aliphatic heterocycles. The molecule has 3 aromatic heterocycles. The van der Waals surface area contributed by atoms with E-state index in [0.717, 1.165) is 85.2 Å². The average Bonchev–Trinajstić information content (AvgIpc) is 3.99. The second-order valence-electron chi connectivity index (χ2n) is 15.7. The van der Waals surface area contributed by atoms with E-state index in [-0.39, 0.29) is 23.7 Å². The maximum atomic E-state index is 11.8. The third-order valence-electron chi connectivity index (χ3n) is 12.0. The number of hydrogen-bond donors (Lipinski definition) is 3. The Labute approximate surface area is 329 Å². The van der Waals surface area contributed by atoms with Crippen LogP contribution in [0.1, 0.15) is 59.6 Å².